The lowest BCUT2D eigenvalue weighted by Gasteiger charge is -2.40. The first-order valence-electron chi connectivity index (χ1n) is 8.27. The minimum atomic E-state index is -0.492. The Morgan fingerprint density at radius 1 is 0.955 bits per heavy atom. The number of benzene rings is 2. The first kappa shape index (κ1) is 15.3. The van der Waals surface area contributed by atoms with Gasteiger partial charge < -0.3 is 5.11 Å². The average Bonchev–Trinajstić information content (AvgIpc) is 2.57. The van der Waals surface area contributed by atoms with E-state index < -0.39 is 6.10 Å². The summed E-state index contributed by atoms with van der Waals surface area (Å²) in [6, 6.07) is 20.5. The zero-order valence-electron chi connectivity index (χ0n) is 13.2. The van der Waals surface area contributed by atoms with Gasteiger partial charge in [0.25, 0.3) is 0 Å². The zero-order valence-corrected chi connectivity index (χ0v) is 13.2. The van der Waals surface area contributed by atoms with E-state index in [0.29, 0.717) is 5.92 Å². The second kappa shape index (κ2) is 7.08. The van der Waals surface area contributed by atoms with Crippen LogP contribution >= 0.6 is 0 Å². The summed E-state index contributed by atoms with van der Waals surface area (Å²) in [5.74, 6) is 0.697. The molecule has 1 heterocycles. The molecule has 1 aliphatic heterocycles. The molecule has 1 saturated heterocycles. The maximum atomic E-state index is 11.0. The minimum absolute atomic E-state index is 0.0337. The van der Waals surface area contributed by atoms with Crippen LogP contribution in [0.1, 0.15) is 43.0 Å². The summed E-state index contributed by atoms with van der Waals surface area (Å²) in [5.41, 5.74) is 2.20. The fourth-order valence-electron chi connectivity index (χ4n) is 3.55. The Labute approximate surface area is 133 Å². The first-order valence-corrected chi connectivity index (χ1v) is 8.27. The molecular weight excluding hydrogens is 270 g/mol. The SMILES string of the molecule is CC1CCCN(C(c2ccccc2)C(O)c2ccccc2)C1. The van der Waals surface area contributed by atoms with Crippen LogP contribution in [0.15, 0.2) is 60.7 Å². The molecule has 1 aliphatic rings. The molecule has 3 atom stereocenters. The first-order chi connectivity index (χ1) is 10.8. The number of aliphatic hydroxyl groups excluding tert-OH is 1. The molecule has 0 saturated carbocycles. The zero-order chi connectivity index (χ0) is 15.4. The molecule has 0 amide bonds. The summed E-state index contributed by atoms with van der Waals surface area (Å²) >= 11 is 0. The predicted octanol–water partition coefficient (Wildman–Crippen LogP) is 4.19. The van der Waals surface area contributed by atoms with E-state index in [4.69, 9.17) is 0 Å². The average molecular weight is 295 g/mol. The fraction of sp³-hybridized carbons (Fsp3) is 0.400. The van der Waals surface area contributed by atoms with Crippen molar-refractivity contribution >= 4 is 0 Å². The third-order valence-corrected chi connectivity index (χ3v) is 4.66. The molecule has 0 aromatic heterocycles. The van der Waals surface area contributed by atoms with Gasteiger partial charge in [0.2, 0.25) is 0 Å². The van der Waals surface area contributed by atoms with Crippen molar-refractivity contribution in [3.05, 3.63) is 71.8 Å². The Bertz CT molecular complexity index is 569. The van der Waals surface area contributed by atoms with E-state index in [0.717, 1.165) is 18.7 Å². The van der Waals surface area contributed by atoms with E-state index in [1.54, 1.807) is 0 Å². The molecule has 0 bridgehead atoms. The van der Waals surface area contributed by atoms with Gasteiger partial charge in [0.15, 0.2) is 0 Å². The van der Waals surface area contributed by atoms with Crippen molar-refractivity contribution < 1.29 is 5.11 Å². The van der Waals surface area contributed by atoms with Crippen LogP contribution in [0, 0.1) is 5.92 Å². The third kappa shape index (κ3) is 3.40. The highest BCUT2D eigenvalue weighted by molar-refractivity contribution is 5.26. The molecular formula is C20H25NO. The number of piperidine rings is 1. The van der Waals surface area contributed by atoms with E-state index in [1.165, 1.54) is 18.4 Å². The van der Waals surface area contributed by atoms with Gasteiger partial charge >= 0.3 is 0 Å². The van der Waals surface area contributed by atoms with Crippen LogP contribution in [-0.2, 0) is 0 Å². The lowest BCUT2D eigenvalue weighted by atomic mass is 9.90. The summed E-state index contributed by atoms with van der Waals surface area (Å²) in [6.45, 7) is 4.43. The lowest BCUT2D eigenvalue weighted by Crippen LogP contribution is -2.40. The number of likely N-dealkylation sites (tertiary alicyclic amines) is 1. The summed E-state index contributed by atoms with van der Waals surface area (Å²) in [4.78, 5) is 2.46. The largest absolute Gasteiger partial charge is 0.386 e. The normalized spacial score (nSPS) is 22.2. The van der Waals surface area contributed by atoms with Crippen molar-refractivity contribution in [2.45, 2.75) is 31.9 Å². The van der Waals surface area contributed by atoms with Gasteiger partial charge in [-0.25, -0.2) is 0 Å². The highest BCUT2D eigenvalue weighted by Gasteiger charge is 2.31. The van der Waals surface area contributed by atoms with E-state index in [-0.39, 0.29) is 6.04 Å². The third-order valence-electron chi connectivity index (χ3n) is 4.66. The maximum absolute atomic E-state index is 11.0. The number of hydrogen-bond donors (Lipinski definition) is 1. The topological polar surface area (TPSA) is 23.5 Å². The molecule has 0 aliphatic carbocycles. The summed E-state index contributed by atoms with van der Waals surface area (Å²) < 4.78 is 0. The Balaban J connectivity index is 1.92. The Morgan fingerprint density at radius 3 is 2.14 bits per heavy atom. The van der Waals surface area contributed by atoms with Gasteiger partial charge in [-0.05, 0) is 36.4 Å². The molecule has 116 valence electrons. The van der Waals surface area contributed by atoms with E-state index in [2.05, 4.69) is 36.1 Å². The standard InChI is InChI=1S/C20H25NO/c1-16-9-8-14-21(15-16)19(17-10-4-2-5-11-17)20(22)18-12-6-3-7-13-18/h2-7,10-13,16,19-20,22H,8-9,14-15H2,1H3. The number of rotatable bonds is 4. The second-order valence-corrected chi connectivity index (χ2v) is 6.45. The van der Waals surface area contributed by atoms with Crippen LogP contribution in [-0.4, -0.2) is 23.1 Å². The highest BCUT2D eigenvalue weighted by Crippen LogP contribution is 2.36. The van der Waals surface area contributed by atoms with Crippen LogP contribution in [0.25, 0.3) is 0 Å². The van der Waals surface area contributed by atoms with Crippen molar-refractivity contribution in [1.82, 2.24) is 4.90 Å². The van der Waals surface area contributed by atoms with Crippen LogP contribution in [0.5, 0.6) is 0 Å². The molecule has 22 heavy (non-hydrogen) atoms. The molecule has 3 rings (SSSR count). The van der Waals surface area contributed by atoms with Crippen LogP contribution in [0.2, 0.25) is 0 Å². The van der Waals surface area contributed by atoms with Gasteiger partial charge in [-0.2, -0.15) is 0 Å². The summed E-state index contributed by atoms with van der Waals surface area (Å²) in [6.07, 6.45) is 2.01. The van der Waals surface area contributed by atoms with Gasteiger partial charge in [-0.1, -0.05) is 67.6 Å². The Hall–Kier alpha value is -1.64. The second-order valence-electron chi connectivity index (χ2n) is 6.45. The van der Waals surface area contributed by atoms with Crippen LogP contribution in [0.3, 0.4) is 0 Å². The van der Waals surface area contributed by atoms with E-state index >= 15 is 0 Å². The Kier molecular flexibility index (Phi) is 4.91. The summed E-state index contributed by atoms with van der Waals surface area (Å²) in [5, 5.41) is 11.0. The molecule has 2 aromatic carbocycles. The van der Waals surface area contributed by atoms with E-state index in [1.807, 2.05) is 36.4 Å². The van der Waals surface area contributed by atoms with Crippen LogP contribution in [0.4, 0.5) is 0 Å². The van der Waals surface area contributed by atoms with Gasteiger partial charge in [-0.3, -0.25) is 4.90 Å². The molecule has 1 N–H and O–H groups in total. The molecule has 2 heteroatoms. The highest BCUT2D eigenvalue weighted by atomic mass is 16.3. The quantitative estimate of drug-likeness (QED) is 0.914. The van der Waals surface area contributed by atoms with Gasteiger partial charge in [0, 0.05) is 6.54 Å². The molecule has 0 spiro atoms. The number of nitrogens with zero attached hydrogens (tertiary/aromatic N) is 1. The van der Waals surface area contributed by atoms with Crippen molar-refractivity contribution in [1.29, 1.82) is 0 Å². The molecule has 2 nitrogen and oxygen atoms in total. The van der Waals surface area contributed by atoms with Crippen molar-refractivity contribution in [2.75, 3.05) is 13.1 Å². The minimum Gasteiger partial charge on any atom is -0.386 e. The maximum Gasteiger partial charge on any atom is 0.0986 e. The van der Waals surface area contributed by atoms with Gasteiger partial charge in [-0.15, -0.1) is 0 Å². The Morgan fingerprint density at radius 2 is 1.55 bits per heavy atom. The lowest BCUT2D eigenvalue weighted by molar-refractivity contribution is 0.0246. The van der Waals surface area contributed by atoms with Crippen LogP contribution < -0.4 is 0 Å². The van der Waals surface area contributed by atoms with Crippen molar-refractivity contribution in [2.24, 2.45) is 5.92 Å². The van der Waals surface area contributed by atoms with E-state index in [9.17, 15) is 5.11 Å². The molecule has 3 unspecified atom stereocenters. The van der Waals surface area contributed by atoms with Gasteiger partial charge in [0.1, 0.15) is 0 Å². The smallest absolute Gasteiger partial charge is 0.0986 e. The molecule has 2 aromatic rings. The fourth-order valence-corrected chi connectivity index (χ4v) is 3.55. The summed E-state index contributed by atoms with van der Waals surface area (Å²) in [7, 11) is 0. The molecule has 0 radical (unpaired) electrons. The monoisotopic (exact) mass is 295 g/mol. The van der Waals surface area contributed by atoms with Crippen molar-refractivity contribution in [3.63, 3.8) is 0 Å². The molecule has 1 fully saturated rings. The van der Waals surface area contributed by atoms with Gasteiger partial charge in [0.05, 0.1) is 12.1 Å². The predicted molar refractivity (Wildman–Crippen MR) is 90.6 cm³/mol. The number of hydrogen-bond acceptors (Lipinski definition) is 2. The number of aliphatic hydroxyl groups is 1. The van der Waals surface area contributed by atoms with Crippen molar-refractivity contribution in [3.8, 4) is 0 Å².